The minimum Gasteiger partial charge on any atom is -0.496 e. The van der Waals surface area contributed by atoms with Gasteiger partial charge in [-0.2, -0.15) is 0 Å². The molecule has 3 aromatic rings. The molecule has 0 saturated heterocycles. The number of hydrogen-bond acceptors (Lipinski definition) is 5. The van der Waals surface area contributed by atoms with Gasteiger partial charge in [0.05, 0.1) is 26.1 Å². The Morgan fingerprint density at radius 1 is 0.929 bits per heavy atom. The smallest absolute Gasteiger partial charge is 0.264 e. The van der Waals surface area contributed by atoms with E-state index in [4.69, 9.17) is 9.47 Å². The second-order valence-corrected chi connectivity index (χ2v) is 6.20. The van der Waals surface area contributed by atoms with Crippen molar-refractivity contribution < 1.29 is 14.3 Å². The van der Waals surface area contributed by atoms with Crippen LogP contribution in [0.4, 0.5) is 11.5 Å². The molecule has 0 radical (unpaired) electrons. The van der Waals surface area contributed by atoms with Gasteiger partial charge < -0.3 is 20.1 Å². The summed E-state index contributed by atoms with van der Waals surface area (Å²) in [6.45, 7) is 2.08. The minimum absolute atomic E-state index is 0.140. The lowest BCUT2D eigenvalue weighted by Crippen LogP contribution is -2.15. The van der Waals surface area contributed by atoms with Crippen LogP contribution in [0.2, 0.25) is 0 Å². The average molecular weight is 377 g/mol. The van der Waals surface area contributed by atoms with E-state index in [1.165, 1.54) is 19.8 Å². The van der Waals surface area contributed by atoms with Crippen LogP contribution >= 0.6 is 0 Å². The molecule has 1 atom stereocenters. The number of rotatable bonds is 7. The van der Waals surface area contributed by atoms with Crippen molar-refractivity contribution in [3.05, 3.63) is 78.0 Å². The number of pyridine rings is 1. The SMILES string of the molecule is COc1cccc(OC)c1C(=O)Nc1ccc(NC(C)c2ccccc2)cn1. The van der Waals surface area contributed by atoms with Crippen LogP contribution in [0.3, 0.4) is 0 Å². The van der Waals surface area contributed by atoms with E-state index in [0.29, 0.717) is 22.9 Å². The summed E-state index contributed by atoms with van der Waals surface area (Å²) in [5.74, 6) is 0.967. The lowest BCUT2D eigenvalue weighted by atomic mass is 10.1. The van der Waals surface area contributed by atoms with Gasteiger partial charge in [-0.15, -0.1) is 0 Å². The molecular weight excluding hydrogens is 354 g/mol. The van der Waals surface area contributed by atoms with Gasteiger partial charge in [-0.1, -0.05) is 36.4 Å². The predicted octanol–water partition coefficient (Wildman–Crippen LogP) is 4.52. The first-order valence-electron chi connectivity index (χ1n) is 8.92. The largest absolute Gasteiger partial charge is 0.496 e. The fraction of sp³-hybridized carbons (Fsp3) is 0.182. The highest BCUT2D eigenvalue weighted by Gasteiger charge is 2.18. The second kappa shape index (κ2) is 8.90. The highest BCUT2D eigenvalue weighted by molar-refractivity contribution is 6.07. The monoisotopic (exact) mass is 377 g/mol. The number of aromatic nitrogens is 1. The number of benzene rings is 2. The lowest BCUT2D eigenvalue weighted by Gasteiger charge is -2.16. The zero-order chi connectivity index (χ0) is 19.9. The van der Waals surface area contributed by atoms with Gasteiger partial charge in [0.2, 0.25) is 0 Å². The molecule has 6 heteroatoms. The summed E-state index contributed by atoms with van der Waals surface area (Å²) >= 11 is 0. The molecule has 0 bridgehead atoms. The quantitative estimate of drug-likeness (QED) is 0.633. The molecule has 28 heavy (non-hydrogen) atoms. The predicted molar refractivity (Wildman–Crippen MR) is 110 cm³/mol. The number of methoxy groups -OCH3 is 2. The third-order valence-corrected chi connectivity index (χ3v) is 4.34. The number of ether oxygens (including phenoxy) is 2. The zero-order valence-corrected chi connectivity index (χ0v) is 16.1. The first-order valence-corrected chi connectivity index (χ1v) is 8.92. The Bertz CT molecular complexity index is 905. The number of amides is 1. The van der Waals surface area contributed by atoms with Crippen molar-refractivity contribution >= 4 is 17.4 Å². The third kappa shape index (κ3) is 4.40. The van der Waals surface area contributed by atoms with E-state index in [9.17, 15) is 4.79 Å². The van der Waals surface area contributed by atoms with Gasteiger partial charge in [0, 0.05) is 6.04 Å². The number of hydrogen-bond donors (Lipinski definition) is 2. The molecule has 0 aliphatic rings. The van der Waals surface area contributed by atoms with E-state index in [0.717, 1.165) is 5.69 Å². The topological polar surface area (TPSA) is 72.5 Å². The summed E-state index contributed by atoms with van der Waals surface area (Å²) in [4.78, 5) is 17.0. The molecule has 1 unspecified atom stereocenters. The summed E-state index contributed by atoms with van der Waals surface area (Å²) in [6, 6.07) is 19.1. The summed E-state index contributed by atoms with van der Waals surface area (Å²) in [5, 5.41) is 6.17. The average Bonchev–Trinajstić information content (AvgIpc) is 2.75. The summed E-state index contributed by atoms with van der Waals surface area (Å²) in [5.41, 5.74) is 2.38. The van der Waals surface area contributed by atoms with Crippen LogP contribution in [0.1, 0.15) is 28.9 Å². The normalized spacial score (nSPS) is 11.4. The molecule has 1 aromatic heterocycles. The molecule has 0 saturated carbocycles. The van der Waals surface area contributed by atoms with Crippen molar-refractivity contribution in [1.29, 1.82) is 0 Å². The van der Waals surface area contributed by atoms with Gasteiger partial charge in [-0.3, -0.25) is 4.79 Å². The molecule has 144 valence electrons. The maximum absolute atomic E-state index is 12.7. The van der Waals surface area contributed by atoms with Crippen LogP contribution in [0.25, 0.3) is 0 Å². The summed E-state index contributed by atoms with van der Waals surface area (Å²) in [7, 11) is 3.02. The van der Waals surface area contributed by atoms with Crippen LogP contribution in [0.15, 0.2) is 66.9 Å². The zero-order valence-electron chi connectivity index (χ0n) is 16.1. The van der Waals surface area contributed by atoms with Gasteiger partial charge in [0.25, 0.3) is 5.91 Å². The Hall–Kier alpha value is -3.54. The first-order chi connectivity index (χ1) is 13.6. The van der Waals surface area contributed by atoms with Crippen molar-refractivity contribution in [1.82, 2.24) is 4.98 Å². The van der Waals surface area contributed by atoms with Gasteiger partial charge in [0.15, 0.2) is 0 Å². The van der Waals surface area contributed by atoms with Gasteiger partial charge in [-0.05, 0) is 36.8 Å². The van der Waals surface area contributed by atoms with E-state index in [-0.39, 0.29) is 11.9 Å². The number of nitrogens with zero attached hydrogens (tertiary/aromatic N) is 1. The fourth-order valence-electron chi connectivity index (χ4n) is 2.88. The highest BCUT2D eigenvalue weighted by atomic mass is 16.5. The number of carbonyl (C=O) groups excluding carboxylic acids is 1. The molecule has 0 aliphatic carbocycles. The van der Waals surface area contributed by atoms with Crippen molar-refractivity contribution in [3.63, 3.8) is 0 Å². The highest BCUT2D eigenvalue weighted by Crippen LogP contribution is 2.29. The molecular formula is C22H23N3O3. The molecule has 2 aromatic carbocycles. The molecule has 1 amide bonds. The van der Waals surface area contributed by atoms with E-state index >= 15 is 0 Å². The lowest BCUT2D eigenvalue weighted by molar-refractivity contribution is 0.102. The fourth-order valence-corrected chi connectivity index (χ4v) is 2.88. The van der Waals surface area contributed by atoms with E-state index in [1.54, 1.807) is 30.5 Å². The van der Waals surface area contributed by atoms with Crippen molar-refractivity contribution in [3.8, 4) is 11.5 Å². The first kappa shape index (κ1) is 19.2. The Balaban J connectivity index is 1.70. The Morgan fingerprint density at radius 3 is 2.18 bits per heavy atom. The van der Waals surface area contributed by atoms with Crippen molar-refractivity contribution in [2.45, 2.75) is 13.0 Å². The second-order valence-electron chi connectivity index (χ2n) is 6.20. The van der Waals surface area contributed by atoms with Gasteiger partial charge >= 0.3 is 0 Å². The molecule has 0 aliphatic heterocycles. The third-order valence-electron chi connectivity index (χ3n) is 4.34. The number of nitrogens with one attached hydrogen (secondary N) is 2. The van der Waals surface area contributed by atoms with Gasteiger partial charge in [0.1, 0.15) is 22.9 Å². The molecule has 2 N–H and O–H groups in total. The standard InChI is InChI=1S/C22H23N3O3/c1-15(16-8-5-4-6-9-16)24-17-12-13-20(23-14-17)25-22(26)21-18(27-2)10-7-11-19(21)28-3/h4-15,24H,1-3H3,(H,23,25,26). The van der Waals surface area contributed by atoms with Crippen LogP contribution < -0.4 is 20.1 Å². The summed E-state index contributed by atoms with van der Waals surface area (Å²) < 4.78 is 10.6. The Morgan fingerprint density at radius 2 is 1.61 bits per heavy atom. The Labute approximate surface area is 164 Å². The minimum atomic E-state index is -0.347. The van der Waals surface area contributed by atoms with E-state index in [1.807, 2.05) is 24.3 Å². The van der Waals surface area contributed by atoms with E-state index < -0.39 is 0 Å². The Kier molecular flexibility index (Phi) is 6.11. The number of carbonyl (C=O) groups is 1. The maximum atomic E-state index is 12.7. The molecule has 3 rings (SSSR count). The van der Waals surface area contributed by atoms with Crippen molar-refractivity contribution in [2.75, 3.05) is 24.9 Å². The van der Waals surface area contributed by atoms with Crippen LogP contribution in [-0.4, -0.2) is 25.1 Å². The van der Waals surface area contributed by atoms with Crippen LogP contribution in [-0.2, 0) is 0 Å². The van der Waals surface area contributed by atoms with Crippen LogP contribution in [0, 0.1) is 0 Å². The molecule has 1 heterocycles. The van der Waals surface area contributed by atoms with Crippen LogP contribution in [0.5, 0.6) is 11.5 Å². The van der Waals surface area contributed by atoms with Crippen molar-refractivity contribution in [2.24, 2.45) is 0 Å². The van der Waals surface area contributed by atoms with E-state index in [2.05, 4.69) is 34.7 Å². The summed E-state index contributed by atoms with van der Waals surface area (Å²) in [6.07, 6.45) is 1.69. The molecule has 0 spiro atoms. The maximum Gasteiger partial charge on any atom is 0.264 e. The number of anilines is 2. The molecule has 0 fully saturated rings. The van der Waals surface area contributed by atoms with Gasteiger partial charge in [-0.25, -0.2) is 4.98 Å². The molecule has 6 nitrogen and oxygen atoms in total.